The molecule has 4 N–H and O–H groups in total. The summed E-state index contributed by atoms with van der Waals surface area (Å²) >= 11 is 0. The molecular weight excluding hydrogens is 200 g/mol. The highest BCUT2D eigenvalue weighted by Crippen LogP contribution is 2.29. The Morgan fingerprint density at radius 1 is 1.44 bits per heavy atom. The number of hydrogen-bond donors (Lipinski definition) is 3. The van der Waals surface area contributed by atoms with E-state index in [0.717, 1.165) is 30.0 Å². The molecule has 2 rings (SSSR count). The SMILES string of the molecule is Cc1nc(NCC2CCCCC2C)c(N)[nH]1. The third-order valence-electron chi connectivity index (χ3n) is 3.67. The van der Waals surface area contributed by atoms with Crippen LogP contribution in [0, 0.1) is 18.8 Å². The van der Waals surface area contributed by atoms with E-state index in [1.807, 2.05) is 6.92 Å². The first kappa shape index (κ1) is 11.3. The van der Waals surface area contributed by atoms with E-state index in [1.54, 1.807) is 0 Å². The molecule has 2 atom stereocenters. The molecule has 1 aliphatic carbocycles. The van der Waals surface area contributed by atoms with Crippen molar-refractivity contribution in [3.05, 3.63) is 5.82 Å². The molecule has 2 unspecified atom stereocenters. The fraction of sp³-hybridized carbons (Fsp3) is 0.750. The molecule has 0 bridgehead atoms. The van der Waals surface area contributed by atoms with Crippen molar-refractivity contribution in [1.82, 2.24) is 9.97 Å². The molecule has 90 valence electrons. The molecule has 0 saturated heterocycles. The van der Waals surface area contributed by atoms with Crippen molar-refractivity contribution in [2.24, 2.45) is 11.8 Å². The van der Waals surface area contributed by atoms with E-state index in [2.05, 4.69) is 22.2 Å². The Balaban J connectivity index is 1.89. The maximum atomic E-state index is 5.81. The molecule has 0 aromatic carbocycles. The number of anilines is 2. The standard InChI is InChI=1S/C12H22N4/c1-8-5-3-4-6-10(8)7-14-12-11(13)15-9(2)16-12/h8,10,14H,3-7,13H2,1-2H3,(H,15,16). The van der Waals surface area contributed by atoms with Gasteiger partial charge in [0, 0.05) is 6.54 Å². The number of nitrogen functional groups attached to an aromatic ring is 1. The van der Waals surface area contributed by atoms with E-state index in [4.69, 9.17) is 5.73 Å². The van der Waals surface area contributed by atoms with Crippen LogP contribution in [0.1, 0.15) is 38.4 Å². The van der Waals surface area contributed by atoms with Crippen LogP contribution in [0.4, 0.5) is 11.6 Å². The van der Waals surface area contributed by atoms with E-state index < -0.39 is 0 Å². The highest BCUT2D eigenvalue weighted by atomic mass is 15.1. The van der Waals surface area contributed by atoms with Gasteiger partial charge in [0.25, 0.3) is 0 Å². The average Bonchev–Trinajstić information content (AvgIpc) is 2.56. The summed E-state index contributed by atoms with van der Waals surface area (Å²) in [5.74, 6) is 3.93. The van der Waals surface area contributed by atoms with Gasteiger partial charge in [-0.05, 0) is 25.2 Å². The lowest BCUT2D eigenvalue weighted by Gasteiger charge is -2.28. The Bertz CT molecular complexity index is 345. The van der Waals surface area contributed by atoms with Crippen LogP contribution < -0.4 is 11.1 Å². The van der Waals surface area contributed by atoms with Crippen molar-refractivity contribution in [1.29, 1.82) is 0 Å². The van der Waals surface area contributed by atoms with Crippen LogP contribution in [-0.2, 0) is 0 Å². The first-order valence-electron chi connectivity index (χ1n) is 6.22. The van der Waals surface area contributed by atoms with Crippen molar-refractivity contribution in [2.75, 3.05) is 17.6 Å². The maximum absolute atomic E-state index is 5.81. The summed E-state index contributed by atoms with van der Waals surface area (Å²) in [6.45, 7) is 5.27. The van der Waals surface area contributed by atoms with Crippen LogP contribution >= 0.6 is 0 Å². The molecule has 16 heavy (non-hydrogen) atoms. The molecule has 4 heteroatoms. The van der Waals surface area contributed by atoms with Crippen LogP contribution in [0.5, 0.6) is 0 Å². The van der Waals surface area contributed by atoms with Crippen molar-refractivity contribution >= 4 is 11.6 Å². The summed E-state index contributed by atoms with van der Waals surface area (Å²) in [6, 6.07) is 0. The minimum absolute atomic E-state index is 0.654. The van der Waals surface area contributed by atoms with Crippen molar-refractivity contribution in [3.63, 3.8) is 0 Å². The predicted octanol–water partition coefficient (Wildman–Crippen LogP) is 2.54. The van der Waals surface area contributed by atoms with Gasteiger partial charge in [0.05, 0.1) is 0 Å². The Labute approximate surface area is 97.0 Å². The van der Waals surface area contributed by atoms with Crippen LogP contribution in [0.2, 0.25) is 0 Å². The second kappa shape index (κ2) is 4.76. The van der Waals surface area contributed by atoms with Gasteiger partial charge >= 0.3 is 0 Å². The van der Waals surface area contributed by atoms with E-state index >= 15 is 0 Å². The van der Waals surface area contributed by atoms with Gasteiger partial charge in [0.2, 0.25) is 0 Å². The molecule has 4 nitrogen and oxygen atoms in total. The molecule has 0 radical (unpaired) electrons. The van der Waals surface area contributed by atoms with Gasteiger partial charge in [-0.1, -0.05) is 26.2 Å². The zero-order valence-electron chi connectivity index (χ0n) is 10.2. The number of H-pyrrole nitrogens is 1. The third kappa shape index (κ3) is 2.49. The zero-order chi connectivity index (χ0) is 11.5. The number of aromatic amines is 1. The van der Waals surface area contributed by atoms with Gasteiger partial charge in [-0.2, -0.15) is 0 Å². The van der Waals surface area contributed by atoms with Crippen molar-refractivity contribution in [2.45, 2.75) is 39.5 Å². The molecule has 1 aromatic heterocycles. The average molecular weight is 222 g/mol. The predicted molar refractivity (Wildman–Crippen MR) is 67.3 cm³/mol. The zero-order valence-corrected chi connectivity index (χ0v) is 10.2. The first-order valence-corrected chi connectivity index (χ1v) is 6.22. The van der Waals surface area contributed by atoms with Gasteiger partial charge in [-0.3, -0.25) is 0 Å². The summed E-state index contributed by atoms with van der Waals surface area (Å²) in [6.07, 6.45) is 5.45. The Morgan fingerprint density at radius 3 is 2.81 bits per heavy atom. The van der Waals surface area contributed by atoms with Gasteiger partial charge in [-0.25, -0.2) is 4.98 Å². The van der Waals surface area contributed by atoms with E-state index in [9.17, 15) is 0 Å². The number of nitrogens with zero attached hydrogens (tertiary/aromatic N) is 1. The fourth-order valence-corrected chi connectivity index (χ4v) is 2.57. The molecule has 1 aliphatic rings. The lowest BCUT2D eigenvalue weighted by atomic mass is 9.80. The maximum Gasteiger partial charge on any atom is 0.168 e. The molecule has 1 saturated carbocycles. The smallest absolute Gasteiger partial charge is 0.168 e. The van der Waals surface area contributed by atoms with Gasteiger partial charge in [-0.15, -0.1) is 0 Å². The van der Waals surface area contributed by atoms with Crippen LogP contribution in [0.15, 0.2) is 0 Å². The minimum Gasteiger partial charge on any atom is -0.382 e. The first-order chi connectivity index (χ1) is 7.66. The third-order valence-corrected chi connectivity index (χ3v) is 3.67. The van der Waals surface area contributed by atoms with Gasteiger partial charge < -0.3 is 16.0 Å². The summed E-state index contributed by atoms with van der Waals surface area (Å²) in [5.41, 5.74) is 5.81. The van der Waals surface area contributed by atoms with E-state index in [0.29, 0.717) is 5.82 Å². The second-order valence-corrected chi connectivity index (χ2v) is 4.99. The number of nitrogens with one attached hydrogen (secondary N) is 2. The van der Waals surface area contributed by atoms with Crippen molar-refractivity contribution < 1.29 is 0 Å². The normalized spacial score (nSPS) is 25.6. The number of imidazole rings is 1. The van der Waals surface area contributed by atoms with Crippen LogP contribution in [-0.4, -0.2) is 16.5 Å². The Morgan fingerprint density at radius 2 is 2.19 bits per heavy atom. The molecule has 1 fully saturated rings. The number of hydrogen-bond acceptors (Lipinski definition) is 3. The Hall–Kier alpha value is -1.19. The fourth-order valence-electron chi connectivity index (χ4n) is 2.57. The van der Waals surface area contributed by atoms with E-state index in [-0.39, 0.29) is 0 Å². The highest BCUT2D eigenvalue weighted by Gasteiger charge is 2.21. The van der Waals surface area contributed by atoms with E-state index in [1.165, 1.54) is 25.7 Å². The molecule has 0 amide bonds. The molecule has 1 heterocycles. The van der Waals surface area contributed by atoms with Crippen LogP contribution in [0.25, 0.3) is 0 Å². The molecular formula is C12H22N4. The van der Waals surface area contributed by atoms with Crippen molar-refractivity contribution in [3.8, 4) is 0 Å². The number of aromatic nitrogens is 2. The minimum atomic E-state index is 0.654. The lowest BCUT2D eigenvalue weighted by Crippen LogP contribution is -2.24. The summed E-state index contributed by atoms with van der Waals surface area (Å²) < 4.78 is 0. The topological polar surface area (TPSA) is 66.7 Å². The lowest BCUT2D eigenvalue weighted by molar-refractivity contribution is 0.268. The quantitative estimate of drug-likeness (QED) is 0.736. The highest BCUT2D eigenvalue weighted by molar-refractivity contribution is 5.56. The second-order valence-electron chi connectivity index (χ2n) is 4.99. The van der Waals surface area contributed by atoms with Crippen LogP contribution in [0.3, 0.4) is 0 Å². The summed E-state index contributed by atoms with van der Waals surface area (Å²) in [5, 5.41) is 3.37. The van der Waals surface area contributed by atoms with Gasteiger partial charge in [0.15, 0.2) is 5.82 Å². The molecule has 1 aromatic rings. The molecule has 0 aliphatic heterocycles. The number of aryl methyl sites for hydroxylation is 1. The summed E-state index contributed by atoms with van der Waals surface area (Å²) in [4.78, 5) is 7.34. The molecule has 0 spiro atoms. The number of nitrogens with two attached hydrogens (primary N) is 1. The Kier molecular flexibility index (Phi) is 3.36. The van der Waals surface area contributed by atoms with Gasteiger partial charge in [0.1, 0.15) is 11.6 Å². The number of rotatable bonds is 3. The largest absolute Gasteiger partial charge is 0.382 e. The summed E-state index contributed by atoms with van der Waals surface area (Å²) in [7, 11) is 0. The monoisotopic (exact) mass is 222 g/mol.